The van der Waals surface area contributed by atoms with Crippen LogP contribution in [-0.2, 0) is 0 Å². The fourth-order valence-corrected chi connectivity index (χ4v) is 9.60. The average Bonchev–Trinajstić information content (AvgIpc) is 3.96. The Bertz CT molecular complexity index is 3320. The fourth-order valence-electron chi connectivity index (χ4n) is 8.38. The molecule has 0 N–H and O–H groups in total. The topological polar surface area (TPSA) is 56.7 Å². The van der Waals surface area contributed by atoms with Crippen molar-refractivity contribution >= 4 is 76.4 Å². The normalized spacial score (nSPS) is 11.9. The zero-order valence-electron chi connectivity index (χ0n) is 31.6. The van der Waals surface area contributed by atoms with Crippen molar-refractivity contribution in [2.24, 2.45) is 0 Å². The van der Waals surface area contributed by atoms with Gasteiger partial charge in [-0.1, -0.05) is 134 Å². The number of thiophene rings is 1. The number of benzene rings is 7. The number of furan rings is 1. The molecule has 0 atom stereocenters. The van der Waals surface area contributed by atoms with Gasteiger partial charge < -0.3 is 8.98 Å². The number of para-hydroxylation sites is 2. The van der Waals surface area contributed by atoms with Crippen LogP contribution in [0.5, 0.6) is 0 Å². The summed E-state index contributed by atoms with van der Waals surface area (Å²) in [5.74, 6) is 2.66. The zero-order chi connectivity index (χ0) is 38.7. The molecular weight excluding hydrogens is 729 g/mol. The van der Waals surface area contributed by atoms with E-state index in [1.54, 1.807) is 0 Å². The summed E-state index contributed by atoms with van der Waals surface area (Å²) in [6.45, 7) is 6.14. The minimum Gasteiger partial charge on any atom is -0.456 e. The van der Waals surface area contributed by atoms with Crippen LogP contribution in [0.4, 0.5) is 0 Å². The van der Waals surface area contributed by atoms with Crippen LogP contribution < -0.4 is 0 Å². The number of nitrogens with zero attached hydrogens (tertiary/aromatic N) is 4. The van der Waals surface area contributed by atoms with Gasteiger partial charge >= 0.3 is 0 Å². The summed E-state index contributed by atoms with van der Waals surface area (Å²) in [7, 11) is 0. The Labute approximate surface area is 338 Å². The summed E-state index contributed by atoms with van der Waals surface area (Å²) >= 11 is 1.81. The van der Waals surface area contributed by atoms with Crippen LogP contribution in [0, 0.1) is 0 Å². The van der Waals surface area contributed by atoms with E-state index in [1.807, 2.05) is 85.0 Å². The number of rotatable bonds is 7. The molecule has 6 heteroatoms. The predicted octanol–water partition coefficient (Wildman–Crippen LogP) is 14.4. The van der Waals surface area contributed by atoms with Gasteiger partial charge in [-0.25, -0.2) is 15.0 Å². The van der Waals surface area contributed by atoms with Crippen LogP contribution in [0.3, 0.4) is 0 Å². The van der Waals surface area contributed by atoms with E-state index in [2.05, 4.69) is 120 Å². The molecule has 0 aliphatic carbocycles. The van der Waals surface area contributed by atoms with E-state index in [0.29, 0.717) is 17.5 Å². The van der Waals surface area contributed by atoms with Gasteiger partial charge in [0.25, 0.3) is 0 Å². The molecule has 0 aliphatic rings. The molecular formula is C52H34N4OS. The lowest BCUT2D eigenvalue weighted by Crippen LogP contribution is -2.00. The highest BCUT2D eigenvalue weighted by Gasteiger charge is 2.22. The first-order chi connectivity index (χ1) is 28.7. The molecule has 0 amide bonds. The SMILES string of the molecule is C=Cc1oc2ccc3sc4c(-c5cccc(-c6nc(-c7ccccc7)nc(-c7ccccc7)n6)c5)cc(-n5c6ccccc6c6ccccc65)cc4c3c2c1/C=C\C. The first kappa shape index (κ1) is 33.9. The van der Waals surface area contributed by atoms with Crippen molar-refractivity contribution in [1.82, 2.24) is 19.5 Å². The van der Waals surface area contributed by atoms with Gasteiger partial charge in [0.05, 0.1) is 11.0 Å². The Morgan fingerprint density at radius 2 is 1.16 bits per heavy atom. The van der Waals surface area contributed by atoms with E-state index in [9.17, 15) is 0 Å². The molecule has 0 fully saturated rings. The van der Waals surface area contributed by atoms with Crippen molar-refractivity contribution in [1.29, 1.82) is 0 Å². The fraction of sp³-hybridized carbons (Fsp3) is 0.0192. The van der Waals surface area contributed by atoms with Gasteiger partial charge in [0.2, 0.25) is 0 Å². The minimum atomic E-state index is 0.619. The molecule has 4 heterocycles. The monoisotopic (exact) mass is 762 g/mol. The van der Waals surface area contributed by atoms with Crippen molar-refractivity contribution in [3.8, 4) is 51.0 Å². The van der Waals surface area contributed by atoms with Crippen LogP contribution in [0.2, 0.25) is 0 Å². The second kappa shape index (κ2) is 13.7. The smallest absolute Gasteiger partial charge is 0.164 e. The highest BCUT2D eigenvalue weighted by molar-refractivity contribution is 7.26. The maximum atomic E-state index is 6.42. The van der Waals surface area contributed by atoms with Gasteiger partial charge in [-0.3, -0.25) is 0 Å². The Hall–Kier alpha value is -7.41. The summed E-state index contributed by atoms with van der Waals surface area (Å²) in [5, 5.41) is 5.89. The third-order valence-corrected chi connectivity index (χ3v) is 12.1. The minimum absolute atomic E-state index is 0.619. The Balaban J connectivity index is 1.21. The maximum Gasteiger partial charge on any atom is 0.164 e. The molecule has 7 aromatic carbocycles. The molecule has 0 saturated carbocycles. The number of allylic oxidation sites excluding steroid dienone is 1. The predicted molar refractivity (Wildman–Crippen MR) is 243 cm³/mol. The van der Waals surface area contributed by atoms with E-state index in [1.165, 1.54) is 30.9 Å². The van der Waals surface area contributed by atoms with Crippen molar-refractivity contribution in [3.05, 3.63) is 182 Å². The first-order valence-corrected chi connectivity index (χ1v) is 20.2. The van der Waals surface area contributed by atoms with Crippen molar-refractivity contribution < 1.29 is 4.42 Å². The third kappa shape index (κ3) is 5.41. The molecule has 58 heavy (non-hydrogen) atoms. The Morgan fingerprint density at radius 3 is 1.79 bits per heavy atom. The lowest BCUT2D eigenvalue weighted by molar-refractivity contribution is 0.604. The first-order valence-electron chi connectivity index (χ1n) is 19.3. The van der Waals surface area contributed by atoms with Crippen molar-refractivity contribution in [3.63, 3.8) is 0 Å². The van der Waals surface area contributed by atoms with Crippen LogP contribution in [0.25, 0.3) is 116 Å². The number of aromatic nitrogens is 4. The molecule has 4 aromatic heterocycles. The maximum absolute atomic E-state index is 6.42. The standard InChI is InChI=1S/C52H34N4OS/c1-3-16-39-44(4-2)57-45-27-28-46-48(47(39)45)41-31-36(56-42-25-13-11-23-37(42)38-24-12-14-26-43(38)56)30-40(49(41)58-46)34-21-15-22-35(29-34)52-54-50(32-17-7-5-8-18-32)53-51(55-52)33-19-9-6-10-20-33/h3-31H,2H2,1H3/b16-3-. The van der Waals surface area contributed by atoms with Gasteiger partial charge in [0, 0.05) is 69.8 Å². The lowest BCUT2D eigenvalue weighted by Gasteiger charge is -2.13. The Kier molecular flexibility index (Phi) is 7.98. The molecule has 0 aliphatic heterocycles. The quantitative estimate of drug-likeness (QED) is 0.162. The molecule has 0 bridgehead atoms. The van der Waals surface area contributed by atoms with Gasteiger partial charge in [-0.15, -0.1) is 11.3 Å². The van der Waals surface area contributed by atoms with Gasteiger partial charge in [-0.2, -0.15) is 0 Å². The van der Waals surface area contributed by atoms with E-state index in [-0.39, 0.29) is 0 Å². The van der Waals surface area contributed by atoms with Crippen LogP contribution >= 0.6 is 11.3 Å². The van der Waals surface area contributed by atoms with Gasteiger partial charge in [0.1, 0.15) is 11.3 Å². The van der Waals surface area contributed by atoms with E-state index < -0.39 is 0 Å². The summed E-state index contributed by atoms with van der Waals surface area (Å²) < 4.78 is 11.2. The second-order valence-corrected chi connectivity index (χ2v) is 15.4. The number of fused-ring (bicyclic) bond motifs is 8. The summed E-state index contributed by atoms with van der Waals surface area (Å²) in [4.78, 5) is 15.1. The molecule has 11 rings (SSSR count). The lowest BCUT2D eigenvalue weighted by atomic mass is 9.97. The summed E-state index contributed by atoms with van der Waals surface area (Å²) in [6.07, 6.45) is 6.01. The molecule has 274 valence electrons. The molecule has 5 nitrogen and oxygen atoms in total. The van der Waals surface area contributed by atoms with Crippen LogP contribution in [-0.4, -0.2) is 19.5 Å². The van der Waals surface area contributed by atoms with Crippen molar-refractivity contribution in [2.45, 2.75) is 6.92 Å². The summed E-state index contributed by atoms with van der Waals surface area (Å²) in [5.41, 5.74) is 10.3. The molecule has 11 aromatic rings. The van der Waals surface area contributed by atoms with Crippen molar-refractivity contribution in [2.75, 3.05) is 0 Å². The van der Waals surface area contributed by atoms with E-state index in [4.69, 9.17) is 19.4 Å². The molecule has 0 unspecified atom stereocenters. The molecule has 0 radical (unpaired) electrons. The highest BCUT2D eigenvalue weighted by Crippen LogP contribution is 2.47. The Morgan fingerprint density at radius 1 is 0.569 bits per heavy atom. The largest absolute Gasteiger partial charge is 0.456 e. The number of hydrogen-bond acceptors (Lipinski definition) is 5. The van der Waals surface area contributed by atoms with E-state index in [0.717, 1.165) is 66.8 Å². The number of hydrogen-bond donors (Lipinski definition) is 0. The van der Waals surface area contributed by atoms with Gasteiger partial charge in [0.15, 0.2) is 17.5 Å². The third-order valence-electron chi connectivity index (χ3n) is 10.9. The van der Waals surface area contributed by atoms with Crippen LogP contribution in [0.15, 0.2) is 175 Å². The summed E-state index contributed by atoms with van der Waals surface area (Å²) in [6, 6.07) is 55.2. The average molecular weight is 763 g/mol. The molecule has 0 saturated heterocycles. The van der Waals surface area contributed by atoms with Crippen LogP contribution in [0.1, 0.15) is 18.2 Å². The zero-order valence-corrected chi connectivity index (χ0v) is 32.4. The van der Waals surface area contributed by atoms with Gasteiger partial charge in [-0.05, 0) is 61.0 Å². The highest BCUT2D eigenvalue weighted by atomic mass is 32.1. The molecule has 0 spiro atoms. The van der Waals surface area contributed by atoms with E-state index >= 15 is 0 Å². The second-order valence-electron chi connectivity index (χ2n) is 14.4.